The predicted octanol–water partition coefficient (Wildman–Crippen LogP) is 1.02. The molecule has 0 aliphatic heterocycles. The Morgan fingerprint density at radius 1 is 1.23 bits per heavy atom. The molecule has 1 aromatic rings. The van der Waals surface area contributed by atoms with Gasteiger partial charge in [0.05, 0.1) is 17.3 Å². The Bertz CT molecular complexity index is 532. The largest absolute Gasteiger partial charge is 0.349 e. The smallest absolute Gasteiger partial charge is 0.279 e. The van der Waals surface area contributed by atoms with Crippen LogP contribution < -0.4 is 15.5 Å². The van der Waals surface area contributed by atoms with Crippen LogP contribution in [0.4, 0.5) is 5.69 Å². The number of rotatable bonds is 7. The number of carbonyl (C=O) groups excluding carboxylic acids is 2. The predicted molar refractivity (Wildman–Crippen MR) is 89.3 cm³/mol. The summed E-state index contributed by atoms with van der Waals surface area (Å²) < 4.78 is 0. The molecule has 2 amide bonds. The standard InChI is InChI=1S/C16H24ClN3O2/c1-5-20(9-15(21)18-11(2)3)10-16(22)19-14-7-6-12(4)8-13(14)17/h6-8,11H,5,9-10H2,1-4H3,(H,18,21)(H,19,22)/p+1. The lowest BCUT2D eigenvalue weighted by atomic mass is 10.2. The molecular formula is C16H25ClN3O2+. The highest BCUT2D eigenvalue weighted by molar-refractivity contribution is 6.33. The van der Waals surface area contributed by atoms with Crippen LogP contribution in [0.2, 0.25) is 5.02 Å². The molecule has 0 fully saturated rings. The number of hydrogen-bond acceptors (Lipinski definition) is 2. The van der Waals surface area contributed by atoms with Crippen molar-refractivity contribution in [1.82, 2.24) is 5.32 Å². The molecule has 1 aromatic carbocycles. The molecule has 0 radical (unpaired) electrons. The normalized spacial score (nSPS) is 12.1. The number of quaternary nitrogens is 1. The summed E-state index contributed by atoms with van der Waals surface area (Å²) in [7, 11) is 0. The van der Waals surface area contributed by atoms with E-state index in [0.29, 0.717) is 17.3 Å². The lowest BCUT2D eigenvalue weighted by Gasteiger charge is -2.18. The maximum absolute atomic E-state index is 12.1. The fraction of sp³-hybridized carbons (Fsp3) is 0.500. The van der Waals surface area contributed by atoms with E-state index >= 15 is 0 Å². The Morgan fingerprint density at radius 3 is 2.41 bits per heavy atom. The maximum Gasteiger partial charge on any atom is 0.279 e. The zero-order valence-electron chi connectivity index (χ0n) is 13.6. The van der Waals surface area contributed by atoms with Gasteiger partial charge < -0.3 is 15.5 Å². The third-order valence-corrected chi connectivity index (χ3v) is 3.48. The second-order valence-electron chi connectivity index (χ2n) is 5.71. The van der Waals surface area contributed by atoms with Crippen LogP contribution in [0, 0.1) is 6.92 Å². The van der Waals surface area contributed by atoms with E-state index in [9.17, 15) is 9.59 Å². The number of halogens is 1. The number of amides is 2. The van der Waals surface area contributed by atoms with Gasteiger partial charge in [-0.05, 0) is 45.4 Å². The first-order valence-corrected chi connectivity index (χ1v) is 7.88. The summed E-state index contributed by atoms with van der Waals surface area (Å²) in [6.45, 7) is 8.92. The van der Waals surface area contributed by atoms with E-state index in [2.05, 4.69) is 10.6 Å². The van der Waals surface area contributed by atoms with Crippen molar-refractivity contribution in [3.8, 4) is 0 Å². The Labute approximate surface area is 137 Å². The Morgan fingerprint density at radius 2 is 1.86 bits per heavy atom. The van der Waals surface area contributed by atoms with E-state index in [0.717, 1.165) is 10.5 Å². The average Bonchev–Trinajstić information content (AvgIpc) is 2.40. The fourth-order valence-electron chi connectivity index (χ4n) is 2.06. The van der Waals surface area contributed by atoms with Gasteiger partial charge in [-0.25, -0.2) is 0 Å². The van der Waals surface area contributed by atoms with Crippen LogP contribution >= 0.6 is 11.6 Å². The van der Waals surface area contributed by atoms with Crippen LogP contribution in [0.5, 0.6) is 0 Å². The Balaban J connectivity index is 2.56. The molecule has 3 N–H and O–H groups in total. The summed E-state index contributed by atoms with van der Waals surface area (Å²) in [6.07, 6.45) is 0. The van der Waals surface area contributed by atoms with Crippen molar-refractivity contribution in [2.75, 3.05) is 25.0 Å². The fourth-order valence-corrected chi connectivity index (χ4v) is 2.34. The molecule has 0 heterocycles. The lowest BCUT2D eigenvalue weighted by Crippen LogP contribution is -3.14. The number of likely N-dealkylation sites (N-methyl/N-ethyl adjacent to an activating group) is 1. The van der Waals surface area contributed by atoms with E-state index in [1.165, 1.54) is 0 Å². The summed E-state index contributed by atoms with van der Waals surface area (Å²) in [6, 6.07) is 5.58. The van der Waals surface area contributed by atoms with E-state index in [4.69, 9.17) is 11.6 Å². The van der Waals surface area contributed by atoms with Crippen molar-refractivity contribution in [2.45, 2.75) is 33.7 Å². The zero-order chi connectivity index (χ0) is 16.7. The van der Waals surface area contributed by atoms with Gasteiger partial charge in [0.1, 0.15) is 0 Å². The van der Waals surface area contributed by atoms with Gasteiger partial charge in [-0.3, -0.25) is 9.59 Å². The minimum atomic E-state index is -0.153. The first-order valence-electron chi connectivity index (χ1n) is 7.50. The number of anilines is 1. The first kappa shape index (κ1) is 18.5. The van der Waals surface area contributed by atoms with Crippen LogP contribution in [0.15, 0.2) is 18.2 Å². The van der Waals surface area contributed by atoms with E-state index in [1.807, 2.05) is 33.8 Å². The number of benzene rings is 1. The summed E-state index contributed by atoms with van der Waals surface area (Å²) in [5.41, 5.74) is 1.63. The highest BCUT2D eigenvalue weighted by Crippen LogP contribution is 2.22. The summed E-state index contributed by atoms with van der Waals surface area (Å²) in [5.74, 6) is -0.201. The van der Waals surface area contributed by atoms with Crippen LogP contribution in [-0.4, -0.2) is 37.5 Å². The SMILES string of the molecule is CC[NH+](CC(=O)Nc1ccc(C)cc1Cl)CC(=O)NC(C)C. The zero-order valence-corrected chi connectivity index (χ0v) is 14.4. The van der Waals surface area contributed by atoms with Crippen molar-refractivity contribution >= 4 is 29.1 Å². The summed E-state index contributed by atoms with van der Waals surface area (Å²) in [5, 5.41) is 6.14. The van der Waals surface area contributed by atoms with Crippen molar-refractivity contribution < 1.29 is 14.5 Å². The second kappa shape index (κ2) is 8.76. The third kappa shape index (κ3) is 6.45. The first-order chi connectivity index (χ1) is 10.3. The highest BCUT2D eigenvalue weighted by atomic mass is 35.5. The van der Waals surface area contributed by atoms with Crippen molar-refractivity contribution in [3.05, 3.63) is 28.8 Å². The van der Waals surface area contributed by atoms with Crippen molar-refractivity contribution in [2.24, 2.45) is 0 Å². The molecular weight excluding hydrogens is 302 g/mol. The molecule has 0 spiro atoms. The second-order valence-corrected chi connectivity index (χ2v) is 6.12. The minimum absolute atomic E-state index is 0.0481. The molecule has 0 aromatic heterocycles. The Hall–Kier alpha value is -1.59. The average molecular weight is 327 g/mol. The molecule has 5 nitrogen and oxygen atoms in total. The molecule has 122 valence electrons. The van der Waals surface area contributed by atoms with Gasteiger partial charge in [0.2, 0.25) is 0 Å². The molecule has 0 aliphatic rings. The van der Waals surface area contributed by atoms with Crippen LogP contribution in [-0.2, 0) is 9.59 Å². The monoisotopic (exact) mass is 326 g/mol. The van der Waals surface area contributed by atoms with E-state index in [1.54, 1.807) is 12.1 Å². The number of hydrogen-bond donors (Lipinski definition) is 3. The number of aryl methyl sites for hydroxylation is 1. The highest BCUT2D eigenvalue weighted by Gasteiger charge is 2.17. The van der Waals surface area contributed by atoms with E-state index < -0.39 is 0 Å². The molecule has 0 saturated heterocycles. The van der Waals surface area contributed by atoms with Crippen molar-refractivity contribution in [1.29, 1.82) is 0 Å². The topological polar surface area (TPSA) is 62.6 Å². The molecule has 1 rings (SSSR count). The van der Waals surface area contributed by atoms with Gasteiger partial charge >= 0.3 is 0 Å². The summed E-state index contributed by atoms with van der Waals surface area (Å²) in [4.78, 5) is 24.8. The van der Waals surface area contributed by atoms with Gasteiger partial charge in [-0.1, -0.05) is 17.7 Å². The minimum Gasteiger partial charge on any atom is -0.349 e. The molecule has 1 unspecified atom stereocenters. The van der Waals surface area contributed by atoms with Crippen LogP contribution in [0.3, 0.4) is 0 Å². The van der Waals surface area contributed by atoms with Crippen molar-refractivity contribution in [3.63, 3.8) is 0 Å². The molecule has 0 aliphatic carbocycles. The van der Waals surface area contributed by atoms with Crippen LogP contribution in [0.25, 0.3) is 0 Å². The lowest BCUT2D eigenvalue weighted by molar-refractivity contribution is -0.881. The Kier molecular flexibility index (Phi) is 7.35. The number of nitrogens with one attached hydrogen (secondary N) is 3. The van der Waals surface area contributed by atoms with Gasteiger partial charge in [0.15, 0.2) is 13.1 Å². The van der Waals surface area contributed by atoms with Gasteiger partial charge in [-0.2, -0.15) is 0 Å². The third-order valence-electron chi connectivity index (χ3n) is 3.17. The molecule has 1 atom stereocenters. The molecule has 22 heavy (non-hydrogen) atoms. The quantitative estimate of drug-likeness (QED) is 0.700. The van der Waals surface area contributed by atoms with E-state index in [-0.39, 0.29) is 30.9 Å². The van der Waals surface area contributed by atoms with Gasteiger partial charge in [0.25, 0.3) is 11.8 Å². The number of carbonyl (C=O) groups is 2. The van der Waals surface area contributed by atoms with Gasteiger partial charge in [-0.15, -0.1) is 0 Å². The summed E-state index contributed by atoms with van der Waals surface area (Å²) >= 11 is 6.10. The van der Waals surface area contributed by atoms with Gasteiger partial charge in [0, 0.05) is 6.04 Å². The molecule has 0 bridgehead atoms. The molecule has 0 saturated carbocycles. The van der Waals surface area contributed by atoms with Crippen LogP contribution in [0.1, 0.15) is 26.3 Å². The maximum atomic E-state index is 12.1. The molecule has 6 heteroatoms.